The van der Waals surface area contributed by atoms with Gasteiger partial charge in [0.05, 0.1) is 11.6 Å². The number of benzene rings is 2. The Balaban J connectivity index is 2.07. The first-order chi connectivity index (χ1) is 14.0. The number of rotatable bonds is 7. The number of carbonyl (C=O) groups is 2. The lowest BCUT2D eigenvalue weighted by Crippen LogP contribution is -2.38. The number of hydrogen-bond acceptors (Lipinski definition) is 4. The topological polar surface area (TPSA) is 60.9 Å². The van der Waals surface area contributed by atoms with Gasteiger partial charge >= 0.3 is 0 Å². The molecule has 1 amide bonds. The largest absolute Gasteiger partial charge is 0.507 e. The van der Waals surface area contributed by atoms with Crippen LogP contribution in [0.2, 0.25) is 0 Å². The second-order valence-corrected chi connectivity index (χ2v) is 7.85. The Kier molecular flexibility index (Phi) is 6.87. The van der Waals surface area contributed by atoms with Crippen LogP contribution in [0.4, 0.5) is 0 Å². The number of carbonyl (C=O) groups excluding carboxylic acids is 2. The van der Waals surface area contributed by atoms with Crippen LogP contribution in [0.1, 0.15) is 31.0 Å². The van der Waals surface area contributed by atoms with E-state index in [4.69, 9.17) is 0 Å². The number of aliphatic hydroxyl groups is 1. The molecule has 1 aliphatic rings. The van der Waals surface area contributed by atoms with Crippen molar-refractivity contribution in [2.45, 2.75) is 19.9 Å². The molecular weight excluding hydrogens is 432 g/mol. The second kappa shape index (κ2) is 9.37. The van der Waals surface area contributed by atoms with Crippen LogP contribution in [0.25, 0.3) is 5.76 Å². The number of halogens is 1. The predicted octanol–water partition coefficient (Wildman–Crippen LogP) is 4.21. The molecule has 1 fully saturated rings. The van der Waals surface area contributed by atoms with Crippen LogP contribution >= 0.6 is 15.9 Å². The van der Waals surface area contributed by atoms with Gasteiger partial charge in [-0.15, -0.1) is 0 Å². The number of Topliss-reactive ketones (excluding diaryl/α,β-unsaturated/α-hetero) is 1. The van der Waals surface area contributed by atoms with Crippen molar-refractivity contribution in [3.63, 3.8) is 0 Å². The first-order valence-corrected chi connectivity index (χ1v) is 10.6. The van der Waals surface area contributed by atoms with Crippen molar-refractivity contribution in [2.75, 3.05) is 26.2 Å². The summed E-state index contributed by atoms with van der Waals surface area (Å²) in [5.41, 5.74) is 1.46. The van der Waals surface area contributed by atoms with Crippen molar-refractivity contribution >= 4 is 33.4 Å². The van der Waals surface area contributed by atoms with Crippen LogP contribution in [0.5, 0.6) is 0 Å². The molecule has 152 valence electrons. The highest BCUT2D eigenvalue weighted by molar-refractivity contribution is 9.10. The van der Waals surface area contributed by atoms with E-state index < -0.39 is 17.7 Å². The van der Waals surface area contributed by atoms with E-state index in [-0.39, 0.29) is 11.3 Å². The Morgan fingerprint density at radius 2 is 1.66 bits per heavy atom. The van der Waals surface area contributed by atoms with Crippen LogP contribution in [-0.4, -0.2) is 52.8 Å². The van der Waals surface area contributed by atoms with E-state index in [1.54, 1.807) is 29.2 Å². The van der Waals surface area contributed by atoms with Gasteiger partial charge in [-0.3, -0.25) is 9.59 Å². The third-order valence-electron chi connectivity index (χ3n) is 5.32. The lowest BCUT2D eigenvalue weighted by molar-refractivity contribution is -0.140. The third-order valence-corrected chi connectivity index (χ3v) is 5.85. The molecule has 0 aromatic heterocycles. The molecule has 29 heavy (non-hydrogen) atoms. The molecule has 1 atom stereocenters. The van der Waals surface area contributed by atoms with Crippen molar-refractivity contribution in [1.29, 1.82) is 0 Å². The summed E-state index contributed by atoms with van der Waals surface area (Å²) in [6.45, 7) is 6.95. The van der Waals surface area contributed by atoms with E-state index >= 15 is 0 Å². The summed E-state index contributed by atoms with van der Waals surface area (Å²) in [6, 6.07) is 15.8. The fourth-order valence-electron chi connectivity index (χ4n) is 3.64. The molecule has 1 saturated heterocycles. The van der Waals surface area contributed by atoms with Crippen LogP contribution in [-0.2, 0) is 9.59 Å². The van der Waals surface area contributed by atoms with Gasteiger partial charge < -0.3 is 14.9 Å². The van der Waals surface area contributed by atoms with E-state index in [9.17, 15) is 14.7 Å². The Hall–Kier alpha value is -2.44. The molecule has 2 aromatic carbocycles. The minimum atomic E-state index is -0.640. The van der Waals surface area contributed by atoms with Gasteiger partial charge in [0.1, 0.15) is 5.76 Å². The van der Waals surface area contributed by atoms with Crippen molar-refractivity contribution < 1.29 is 14.7 Å². The molecule has 0 unspecified atom stereocenters. The van der Waals surface area contributed by atoms with E-state index in [1.807, 2.05) is 30.3 Å². The number of amides is 1. The van der Waals surface area contributed by atoms with E-state index in [0.717, 1.165) is 23.1 Å². The molecule has 5 nitrogen and oxygen atoms in total. The van der Waals surface area contributed by atoms with Gasteiger partial charge in [0, 0.05) is 23.1 Å². The lowest BCUT2D eigenvalue weighted by atomic mass is 9.95. The Bertz CT molecular complexity index is 905. The lowest BCUT2D eigenvalue weighted by Gasteiger charge is -2.28. The summed E-state index contributed by atoms with van der Waals surface area (Å²) in [7, 11) is 0. The molecule has 0 aliphatic carbocycles. The zero-order chi connectivity index (χ0) is 21.0. The highest BCUT2D eigenvalue weighted by Gasteiger charge is 2.45. The number of ketones is 1. The monoisotopic (exact) mass is 456 g/mol. The maximum Gasteiger partial charge on any atom is 0.295 e. The summed E-state index contributed by atoms with van der Waals surface area (Å²) < 4.78 is 0.907. The minimum Gasteiger partial charge on any atom is -0.507 e. The number of hydrogen-bond donors (Lipinski definition) is 1. The fraction of sp³-hybridized carbons (Fsp3) is 0.304. The van der Waals surface area contributed by atoms with Gasteiger partial charge in [-0.05, 0) is 30.8 Å². The maximum absolute atomic E-state index is 12.9. The number of likely N-dealkylation sites (tertiary alicyclic amines) is 1. The Morgan fingerprint density at radius 1 is 1.03 bits per heavy atom. The van der Waals surface area contributed by atoms with Crippen LogP contribution in [0.15, 0.2) is 64.6 Å². The number of aliphatic hydroxyl groups excluding tert-OH is 1. The Morgan fingerprint density at radius 3 is 2.24 bits per heavy atom. The smallest absolute Gasteiger partial charge is 0.295 e. The van der Waals surface area contributed by atoms with Crippen molar-refractivity contribution in [3.8, 4) is 0 Å². The van der Waals surface area contributed by atoms with Gasteiger partial charge in [0.25, 0.3) is 11.7 Å². The van der Waals surface area contributed by atoms with Crippen LogP contribution in [0, 0.1) is 0 Å². The molecule has 0 spiro atoms. The van der Waals surface area contributed by atoms with Crippen molar-refractivity contribution in [1.82, 2.24) is 9.80 Å². The molecule has 1 N–H and O–H groups in total. The molecule has 0 saturated carbocycles. The van der Waals surface area contributed by atoms with Gasteiger partial charge in [-0.2, -0.15) is 0 Å². The van der Waals surface area contributed by atoms with Crippen LogP contribution in [0.3, 0.4) is 0 Å². The van der Waals surface area contributed by atoms with Crippen molar-refractivity contribution in [3.05, 3.63) is 75.8 Å². The molecule has 6 heteroatoms. The summed E-state index contributed by atoms with van der Waals surface area (Å²) in [4.78, 5) is 29.6. The molecule has 1 heterocycles. The zero-order valence-electron chi connectivity index (χ0n) is 16.6. The first-order valence-electron chi connectivity index (χ1n) is 9.79. The SMILES string of the molecule is CCN(CC)CCN1C(=O)C(=O)/C(=C(/O)c2ccccc2)[C@H]1c1ccc(Br)cc1. The van der Waals surface area contributed by atoms with Crippen LogP contribution < -0.4 is 0 Å². The van der Waals surface area contributed by atoms with E-state index in [0.29, 0.717) is 18.7 Å². The standard InChI is InChI=1S/C23H25BrN2O3/c1-3-25(4-2)14-15-26-20(16-10-12-18(24)13-11-16)19(22(28)23(26)29)21(27)17-8-6-5-7-9-17/h5-13,20,27H,3-4,14-15H2,1-2H3/b21-19+/t20-/m1/s1. The van der Waals surface area contributed by atoms with E-state index in [1.165, 1.54) is 0 Å². The molecule has 3 rings (SSSR count). The fourth-order valence-corrected chi connectivity index (χ4v) is 3.91. The summed E-state index contributed by atoms with van der Waals surface area (Å²) in [5.74, 6) is -1.34. The second-order valence-electron chi connectivity index (χ2n) is 6.94. The van der Waals surface area contributed by atoms with E-state index in [2.05, 4.69) is 34.7 Å². The van der Waals surface area contributed by atoms with Gasteiger partial charge in [0.15, 0.2) is 0 Å². The normalized spacial score (nSPS) is 18.6. The van der Waals surface area contributed by atoms with Gasteiger partial charge in [-0.1, -0.05) is 72.2 Å². The highest BCUT2D eigenvalue weighted by atomic mass is 79.9. The highest BCUT2D eigenvalue weighted by Crippen LogP contribution is 2.39. The molecule has 2 aromatic rings. The maximum atomic E-state index is 12.9. The molecular formula is C23H25BrN2O3. The van der Waals surface area contributed by atoms with Gasteiger partial charge in [0.2, 0.25) is 0 Å². The third kappa shape index (κ3) is 4.43. The number of likely N-dealkylation sites (N-methyl/N-ethyl adjacent to an activating group) is 1. The molecule has 0 bridgehead atoms. The Labute approximate surface area is 179 Å². The average molecular weight is 457 g/mol. The average Bonchev–Trinajstić information content (AvgIpc) is 3.00. The van der Waals surface area contributed by atoms with Gasteiger partial charge in [-0.25, -0.2) is 0 Å². The summed E-state index contributed by atoms with van der Waals surface area (Å²) in [5, 5.41) is 10.9. The zero-order valence-corrected chi connectivity index (χ0v) is 18.2. The summed E-state index contributed by atoms with van der Waals surface area (Å²) >= 11 is 3.43. The minimum absolute atomic E-state index is 0.137. The quantitative estimate of drug-likeness (QED) is 0.385. The molecule has 1 aliphatic heterocycles. The first kappa shape index (κ1) is 21.3. The molecule has 0 radical (unpaired) electrons. The van der Waals surface area contributed by atoms with Crippen molar-refractivity contribution in [2.24, 2.45) is 0 Å². The number of nitrogens with zero attached hydrogens (tertiary/aromatic N) is 2. The predicted molar refractivity (Wildman–Crippen MR) is 117 cm³/mol. The summed E-state index contributed by atoms with van der Waals surface area (Å²) in [6.07, 6.45) is 0.